The zero-order valence-corrected chi connectivity index (χ0v) is 12.0. The largest absolute Gasteiger partial charge is 0.446 e. The average molecular weight is 349 g/mol. The fourth-order valence-corrected chi connectivity index (χ4v) is 2.26. The van der Waals surface area contributed by atoms with Gasteiger partial charge in [0.05, 0.1) is 11.0 Å². The molecule has 0 amide bonds. The Morgan fingerprint density at radius 2 is 2.05 bits per heavy atom. The lowest BCUT2D eigenvalue weighted by Crippen LogP contribution is -2.10. The lowest BCUT2D eigenvalue weighted by atomic mass is 10.3. The van der Waals surface area contributed by atoms with Gasteiger partial charge in [0.15, 0.2) is 0 Å². The van der Waals surface area contributed by atoms with Crippen molar-refractivity contribution in [2.24, 2.45) is 5.14 Å². The molecule has 0 spiro atoms. The lowest BCUT2D eigenvalue weighted by Gasteiger charge is -2.05. The van der Waals surface area contributed by atoms with Crippen LogP contribution in [0.15, 0.2) is 44.3 Å². The maximum atomic E-state index is 13.0. The maximum Gasteiger partial charge on any atom is 0.271 e. The molecule has 1 aromatic heterocycles. The van der Waals surface area contributed by atoms with E-state index in [0.717, 1.165) is 0 Å². The van der Waals surface area contributed by atoms with Gasteiger partial charge in [-0.25, -0.2) is 17.9 Å². The third-order valence-corrected chi connectivity index (χ3v) is 3.69. The zero-order chi connectivity index (χ0) is 14.0. The van der Waals surface area contributed by atoms with Gasteiger partial charge >= 0.3 is 0 Å². The normalized spacial score (nSPS) is 11.5. The number of halogens is 2. The third kappa shape index (κ3) is 3.55. The molecule has 0 aliphatic carbocycles. The molecule has 102 valence electrons. The Hall–Kier alpha value is -1.38. The first kappa shape index (κ1) is 14.0. The average Bonchev–Trinajstić information content (AvgIpc) is 2.79. The molecule has 19 heavy (non-hydrogen) atoms. The topological polar surface area (TPSA) is 85.3 Å². The number of rotatable bonds is 4. The minimum absolute atomic E-state index is 0.258. The smallest absolute Gasteiger partial charge is 0.271 e. The number of hydrogen-bond donors (Lipinski definition) is 2. The number of primary sulfonamides is 1. The SMILES string of the molecule is NS(=O)(=O)c1ccc(CNc2ccc(F)c(Br)c2)o1. The van der Waals surface area contributed by atoms with Crippen molar-refractivity contribution in [1.82, 2.24) is 0 Å². The molecule has 0 saturated heterocycles. The second-order valence-electron chi connectivity index (χ2n) is 3.75. The Balaban J connectivity index is 2.06. The number of furan rings is 1. The van der Waals surface area contributed by atoms with Crippen LogP contribution in [0, 0.1) is 5.82 Å². The minimum Gasteiger partial charge on any atom is -0.446 e. The van der Waals surface area contributed by atoms with Gasteiger partial charge in [0.25, 0.3) is 10.0 Å². The van der Waals surface area contributed by atoms with Crippen LogP contribution in [0.1, 0.15) is 5.76 Å². The maximum absolute atomic E-state index is 13.0. The summed E-state index contributed by atoms with van der Waals surface area (Å²) in [5.74, 6) is 0.0459. The van der Waals surface area contributed by atoms with Crippen LogP contribution in [0.2, 0.25) is 0 Å². The number of sulfonamides is 1. The van der Waals surface area contributed by atoms with Crippen molar-refractivity contribution in [1.29, 1.82) is 0 Å². The summed E-state index contributed by atoms with van der Waals surface area (Å²) in [7, 11) is -3.83. The summed E-state index contributed by atoms with van der Waals surface area (Å²) < 4.78 is 40.5. The van der Waals surface area contributed by atoms with Crippen molar-refractivity contribution >= 4 is 31.6 Å². The minimum atomic E-state index is -3.83. The standard InChI is InChI=1S/C11H10BrFN2O3S/c12-9-5-7(1-3-10(9)13)15-6-8-2-4-11(18-8)19(14,16)17/h1-5,15H,6H2,(H2,14,16,17). The summed E-state index contributed by atoms with van der Waals surface area (Å²) in [6.45, 7) is 0.258. The van der Waals surface area contributed by atoms with Gasteiger partial charge in [-0.1, -0.05) is 0 Å². The zero-order valence-electron chi connectivity index (χ0n) is 9.56. The number of anilines is 1. The molecule has 0 unspecified atom stereocenters. The Morgan fingerprint density at radius 3 is 2.63 bits per heavy atom. The highest BCUT2D eigenvalue weighted by molar-refractivity contribution is 9.10. The van der Waals surface area contributed by atoms with E-state index in [-0.39, 0.29) is 17.5 Å². The van der Waals surface area contributed by atoms with Crippen LogP contribution < -0.4 is 10.5 Å². The van der Waals surface area contributed by atoms with Crippen molar-refractivity contribution in [3.63, 3.8) is 0 Å². The highest BCUT2D eigenvalue weighted by atomic mass is 79.9. The van der Waals surface area contributed by atoms with Gasteiger partial charge in [0, 0.05) is 5.69 Å². The van der Waals surface area contributed by atoms with E-state index < -0.39 is 10.0 Å². The predicted octanol–water partition coefficient (Wildman–Crippen LogP) is 2.44. The van der Waals surface area contributed by atoms with E-state index in [1.807, 2.05) is 0 Å². The molecule has 0 bridgehead atoms. The van der Waals surface area contributed by atoms with Crippen molar-refractivity contribution in [2.45, 2.75) is 11.6 Å². The first-order valence-corrected chi connectivity index (χ1v) is 7.50. The summed E-state index contributed by atoms with van der Waals surface area (Å²) in [4.78, 5) is 0. The fraction of sp³-hybridized carbons (Fsp3) is 0.0909. The molecule has 0 fully saturated rings. The third-order valence-electron chi connectivity index (χ3n) is 2.30. The van der Waals surface area contributed by atoms with E-state index in [1.54, 1.807) is 12.1 Å². The molecule has 2 rings (SSSR count). The van der Waals surface area contributed by atoms with Gasteiger partial charge in [0.1, 0.15) is 11.6 Å². The summed E-state index contributed by atoms with van der Waals surface area (Å²) in [5, 5.41) is 7.60. The number of hydrogen-bond acceptors (Lipinski definition) is 4. The van der Waals surface area contributed by atoms with Gasteiger partial charge in [-0.05, 0) is 46.3 Å². The highest BCUT2D eigenvalue weighted by Gasteiger charge is 2.13. The van der Waals surface area contributed by atoms with Gasteiger partial charge in [-0.2, -0.15) is 0 Å². The van der Waals surface area contributed by atoms with Crippen LogP contribution in [-0.2, 0) is 16.6 Å². The first-order chi connectivity index (χ1) is 8.86. The summed E-state index contributed by atoms with van der Waals surface area (Å²) in [6.07, 6.45) is 0. The molecule has 0 atom stereocenters. The van der Waals surface area contributed by atoms with Gasteiger partial charge in [0.2, 0.25) is 5.09 Å². The lowest BCUT2D eigenvalue weighted by molar-refractivity contribution is 0.419. The van der Waals surface area contributed by atoms with Crippen molar-refractivity contribution < 1.29 is 17.2 Å². The molecule has 5 nitrogen and oxygen atoms in total. The van der Waals surface area contributed by atoms with E-state index >= 15 is 0 Å². The van der Waals surface area contributed by atoms with Crippen LogP contribution in [0.4, 0.5) is 10.1 Å². The Kier molecular flexibility index (Phi) is 3.93. The van der Waals surface area contributed by atoms with Crippen molar-refractivity contribution in [3.05, 3.63) is 46.4 Å². The summed E-state index contributed by atoms with van der Waals surface area (Å²) in [5.41, 5.74) is 0.668. The Morgan fingerprint density at radius 1 is 1.32 bits per heavy atom. The molecule has 2 aromatic rings. The van der Waals surface area contributed by atoms with E-state index in [1.165, 1.54) is 18.2 Å². The first-order valence-electron chi connectivity index (χ1n) is 5.17. The summed E-state index contributed by atoms with van der Waals surface area (Å²) >= 11 is 3.07. The number of nitrogens with one attached hydrogen (secondary N) is 1. The molecule has 3 N–H and O–H groups in total. The molecule has 0 saturated carbocycles. The quantitative estimate of drug-likeness (QED) is 0.888. The molecule has 0 aliphatic heterocycles. The second-order valence-corrected chi connectivity index (χ2v) is 6.09. The molecular weight excluding hydrogens is 339 g/mol. The number of benzene rings is 1. The predicted molar refractivity (Wildman–Crippen MR) is 71.5 cm³/mol. The Labute approximate surface area is 117 Å². The molecule has 1 heterocycles. The highest BCUT2D eigenvalue weighted by Crippen LogP contribution is 2.21. The number of nitrogens with two attached hydrogens (primary N) is 1. The molecule has 1 aromatic carbocycles. The van der Waals surface area contributed by atoms with Crippen molar-refractivity contribution in [3.8, 4) is 0 Å². The van der Waals surface area contributed by atoms with Crippen LogP contribution in [0.25, 0.3) is 0 Å². The van der Waals surface area contributed by atoms with Gasteiger partial charge in [-0.3, -0.25) is 0 Å². The van der Waals surface area contributed by atoms with Crippen molar-refractivity contribution in [2.75, 3.05) is 5.32 Å². The molecule has 0 aliphatic rings. The van der Waals surface area contributed by atoms with E-state index in [0.29, 0.717) is 15.9 Å². The molecular formula is C11H10BrFN2O3S. The van der Waals surface area contributed by atoms with E-state index in [4.69, 9.17) is 9.56 Å². The molecule has 0 radical (unpaired) electrons. The second kappa shape index (κ2) is 5.32. The van der Waals surface area contributed by atoms with E-state index in [9.17, 15) is 12.8 Å². The van der Waals surface area contributed by atoms with Gasteiger partial charge < -0.3 is 9.73 Å². The van der Waals surface area contributed by atoms with Crippen LogP contribution >= 0.6 is 15.9 Å². The van der Waals surface area contributed by atoms with Crippen LogP contribution in [0.5, 0.6) is 0 Å². The van der Waals surface area contributed by atoms with E-state index in [2.05, 4.69) is 21.2 Å². The monoisotopic (exact) mass is 348 g/mol. The van der Waals surface area contributed by atoms with Crippen LogP contribution in [0.3, 0.4) is 0 Å². The summed E-state index contributed by atoms with van der Waals surface area (Å²) in [6, 6.07) is 7.23. The molecule has 8 heteroatoms. The van der Waals surface area contributed by atoms with Crippen LogP contribution in [-0.4, -0.2) is 8.42 Å². The van der Waals surface area contributed by atoms with Gasteiger partial charge in [-0.15, -0.1) is 0 Å². The fourth-order valence-electron chi connectivity index (χ4n) is 1.40. The Bertz CT molecular complexity index is 700.